The second-order valence-corrected chi connectivity index (χ2v) is 5.23. The summed E-state index contributed by atoms with van der Waals surface area (Å²) in [6.07, 6.45) is -0.839. The Bertz CT molecular complexity index is 377. The molecule has 3 atom stereocenters. The molecule has 6 nitrogen and oxygen atoms in total. The Morgan fingerprint density at radius 2 is 2.06 bits per heavy atom. The Morgan fingerprint density at radius 1 is 1.39 bits per heavy atom. The topological polar surface area (TPSA) is 71.1 Å². The summed E-state index contributed by atoms with van der Waals surface area (Å²) in [5.74, 6) is -3.38. The van der Waals surface area contributed by atoms with E-state index in [4.69, 9.17) is 18.9 Å². The summed E-state index contributed by atoms with van der Waals surface area (Å²) in [5, 5.41) is 0. The van der Waals surface area contributed by atoms with Gasteiger partial charge in [0.1, 0.15) is 6.61 Å². The van der Waals surface area contributed by atoms with Gasteiger partial charge in [-0.3, -0.25) is 9.59 Å². The summed E-state index contributed by atoms with van der Waals surface area (Å²) < 4.78 is 21.5. The molecule has 0 bridgehead atoms. The van der Waals surface area contributed by atoms with Gasteiger partial charge in [0.05, 0.1) is 6.61 Å². The molecular weight excluding hydrogens is 240 g/mol. The summed E-state index contributed by atoms with van der Waals surface area (Å²) in [5.41, 5.74) is 0. The van der Waals surface area contributed by atoms with Gasteiger partial charge in [0.25, 0.3) is 5.79 Å². The molecule has 1 spiro atoms. The third-order valence-electron chi connectivity index (χ3n) is 3.04. The maximum atomic E-state index is 12.4. The number of ketones is 1. The van der Waals surface area contributed by atoms with E-state index in [1.807, 2.05) is 0 Å². The van der Waals surface area contributed by atoms with Crippen molar-refractivity contribution in [2.45, 2.75) is 45.4 Å². The Balaban J connectivity index is 2.20. The maximum absolute atomic E-state index is 12.4. The highest BCUT2D eigenvalue weighted by Crippen LogP contribution is 2.38. The van der Waals surface area contributed by atoms with E-state index in [0.717, 1.165) is 0 Å². The monoisotopic (exact) mass is 258 g/mol. The van der Waals surface area contributed by atoms with E-state index in [9.17, 15) is 9.59 Å². The molecule has 18 heavy (non-hydrogen) atoms. The Morgan fingerprint density at radius 3 is 2.56 bits per heavy atom. The Hall–Kier alpha value is -0.980. The van der Waals surface area contributed by atoms with E-state index in [1.54, 1.807) is 20.8 Å². The van der Waals surface area contributed by atoms with Crippen LogP contribution in [-0.4, -0.2) is 42.6 Å². The van der Waals surface area contributed by atoms with Crippen LogP contribution in [0.25, 0.3) is 0 Å². The molecule has 0 radical (unpaired) electrons. The summed E-state index contributed by atoms with van der Waals surface area (Å²) in [7, 11) is 0. The Labute approximate surface area is 106 Å². The summed E-state index contributed by atoms with van der Waals surface area (Å²) in [6.45, 7) is 6.78. The number of esters is 1. The number of Topliss-reactive ketones (excluding diaryl/α,β-unsaturated/α-hetero) is 1. The fourth-order valence-corrected chi connectivity index (χ4v) is 2.17. The molecule has 102 valence electrons. The molecule has 0 unspecified atom stereocenters. The van der Waals surface area contributed by atoms with Crippen LogP contribution in [0.1, 0.15) is 27.7 Å². The first-order valence-corrected chi connectivity index (χ1v) is 5.95. The van der Waals surface area contributed by atoms with Crippen LogP contribution in [0.2, 0.25) is 0 Å². The first-order chi connectivity index (χ1) is 8.26. The van der Waals surface area contributed by atoms with Crippen molar-refractivity contribution in [3.05, 3.63) is 0 Å². The highest BCUT2D eigenvalue weighted by atomic mass is 16.8. The van der Waals surface area contributed by atoms with Gasteiger partial charge in [-0.2, -0.15) is 0 Å². The molecule has 0 aromatic carbocycles. The standard InChI is InChI=1S/C12H18O6/c1-7-5-15-12(6-16-11(3,4)18-12)10(14)9(7)17-8(2)13/h7,9H,5-6H2,1-4H3/t7-,9-,12+/m1/s1. The van der Waals surface area contributed by atoms with Crippen molar-refractivity contribution >= 4 is 11.8 Å². The zero-order valence-electron chi connectivity index (χ0n) is 11.0. The second kappa shape index (κ2) is 4.29. The van der Waals surface area contributed by atoms with E-state index in [1.165, 1.54) is 6.92 Å². The van der Waals surface area contributed by atoms with Crippen LogP contribution < -0.4 is 0 Å². The van der Waals surface area contributed by atoms with E-state index in [2.05, 4.69) is 0 Å². The van der Waals surface area contributed by atoms with Crippen molar-refractivity contribution in [1.82, 2.24) is 0 Å². The molecule has 0 aromatic rings. The number of hydrogen-bond donors (Lipinski definition) is 0. The van der Waals surface area contributed by atoms with Crippen molar-refractivity contribution in [3.8, 4) is 0 Å². The van der Waals surface area contributed by atoms with Gasteiger partial charge in [-0.15, -0.1) is 0 Å². The molecule has 0 amide bonds. The van der Waals surface area contributed by atoms with Crippen LogP contribution in [0.15, 0.2) is 0 Å². The Kier molecular flexibility index (Phi) is 3.21. The zero-order chi connectivity index (χ0) is 13.6. The summed E-state index contributed by atoms with van der Waals surface area (Å²) in [4.78, 5) is 23.4. The van der Waals surface area contributed by atoms with Gasteiger partial charge >= 0.3 is 5.97 Å². The van der Waals surface area contributed by atoms with Crippen LogP contribution in [-0.2, 0) is 28.5 Å². The average Bonchev–Trinajstić information content (AvgIpc) is 2.57. The highest BCUT2D eigenvalue weighted by Gasteiger charge is 2.58. The van der Waals surface area contributed by atoms with Crippen molar-refractivity contribution in [1.29, 1.82) is 0 Å². The second-order valence-electron chi connectivity index (χ2n) is 5.23. The number of carbonyl (C=O) groups excluding carboxylic acids is 2. The van der Waals surface area contributed by atoms with Crippen molar-refractivity contribution < 1.29 is 28.5 Å². The van der Waals surface area contributed by atoms with Gasteiger partial charge in [-0.05, 0) is 13.8 Å². The van der Waals surface area contributed by atoms with E-state index in [-0.39, 0.29) is 24.9 Å². The number of ether oxygens (including phenoxy) is 4. The lowest BCUT2D eigenvalue weighted by molar-refractivity contribution is -0.266. The molecule has 2 aliphatic rings. The van der Waals surface area contributed by atoms with Crippen molar-refractivity contribution in [2.24, 2.45) is 5.92 Å². The predicted molar refractivity (Wildman–Crippen MR) is 59.5 cm³/mol. The van der Waals surface area contributed by atoms with E-state index >= 15 is 0 Å². The van der Waals surface area contributed by atoms with Crippen LogP contribution in [0.5, 0.6) is 0 Å². The smallest absolute Gasteiger partial charge is 0.303 e. The summed E-state index contributed by atoms with van der Waals surface area (Å²) >= 11 is 0. The predicted octanol–water partition coefficient (Wildman–Crippen LogP) is 0.633. The quantitative estimate of drug-likeness (QED) is 0.642. The van der Waals surface area contributed by atoms with Gasteiger partial charge in [0.2, 0.25) is 5.78 Å². The van der Waals surface area contributed by atoms with E-state index < -0.39 is 23.6 Å². The fraction of sp³-hybridized carbons (Fsp3) is 0.833. The van der Waals surface area contributed by atoms with Crippen molar-refractivity contribution in [2.75, 3.05) is 13.2 Å². The molecule has 0 saturated carbocycles. The molecule has 2 heterocycles. The lowest BCUT2D eigenvalue weighted by Gasteiger charge is -2.38. The SMILES string of the molecule is CC(=O)O[C@H]1C(=O)[C@@]2(COC(C)(C)O2)OC[C@H]1C. The maximum Gasteiger partial charge on any atom is 0.303 e. The van der Waals surface area contributed by atoms with Crippen LogP contribution in [0.3, 0.4) is 0 Å². The van der Waals surface area contributed by atoms with Gasteiger partial charge in [0.15, 0.2) is 11.9 Å². The molecule has 2 fully saturated rings. The minimum atomic E-state index is -1.43. The lowest BCUT2D eigenvalue weighted by atomic mass is 9.93. The molecule has 6 heteroatoms. The van der Waals surface area contributed by atoms with Crippen LogP contribution in [0.4, 0.5) is 0 Å². The molecule has 0 aliphatic carbocycles. The highest BCUT2D eigenvalue weighted by molar-refractivity contribution is 5.92. The summed E-state index contributed by atoms with van der Waals surface area (Å²) in [6, 6.07) is 0. The third kappa shape index (κ3) is 2.28. The van der Waals surface area contributed by atoms with Gasteiger partial charge in [-0.1, -0.05) is 6.92 Å². The lowest BCUT2D eigenvalue weighted by Crippen LogP contribution is -2.58. The molecule has 0 aromatic heterocycles. The largest absolute Gasteiger partial charge is 0.454 e. The van der Waals surface area contributed by atoms with Crippen LogP contribution in [0, 0.1) is 5.92 Å². The average molecular weight is 258 g/mol. The number of carbonyl (C=O) groups is 2. The van der Waals surface area contributed by atoms with E-state index in [0.29, 0.717) is 0 Å². The van der Waals surface area contributed by atoms with Gasteiger partial charge in [0, 0.05) is 12.8 Å². The minimum absolute atomic E-state index is 0.0172. The molecule has 2 rings (SSSR count). The number of rotatable bonds is 1. The molecule has 2 saturated heterocycles. The third-order valence-corrected chi connectivity index (χ3v) is 3.04. The number of hydrogen-bond acceptors (Lipinski definition) is 6. The minimum Gasteiger partial charge on any atom is -0.454 e. The molecule has 2 aliphatic heterocycles. The van der Waals surface area contributed by atoms with Crippen LogP contribution >= 0.6 is 0 Å². The van der Waals surface area contributed by atoms with Gasteiger partial charge < -0.3 is 18.9 Å². The first kappa shape index (κ1) is 13.5. The zero-order valence-corrected chi connectivity index (χ0v) is 11.0. The fourth-order valence-electron chi connectivity index (χ4n) is 2.17. The normalized spacial score (nSPS) is 39.0. The molecular formula is C12H18O6. The van der Waals surface area contributed by atoms with Gasteiger partial charge in [-0.25, -0.2) is 0 Å². The first-order valence-electron chi connectivity index (χ1n) is 5.95. The van der Waals surface area contributed by atoms with Crippen molar-refractivity contribution in [3.63, 3.8) is 0 Å². The molecule has 0 N–H and O–H groups in total.